The van der Waals surface area contributed by atoms with Gasteiger partial charge in [0.25, 0.3) is 5.91 Å². The summed E-state index contributed by atoms with van der Waals surface area (Å²) < 4.78 is 12.4. The number of methoxy groups -OCH3 is 2. The van der Waals surface area contributed by atoms with Crippen LogP contribution in [0.5, 0.6) is 11.5 Å². The van der Waals surface area contributed by atoms with Crippen LogP contribution < -0.4 is 9.47 Å². The number of ether oxygens (including phenoxy) is 2. The van der Waals surface area contributed by atoms with Gasteiger partial charge in [0.1, 0.15) is 5.75 Å². The van der Waals surface area contributed by atoms with Crippen molar-refractivity contribution in [3.8, 4) is 17.2 Å². The third-order valence-electron chi connectivity index (χ3n) is 5.14. The first-order valence-electron chi connectivity index (χ1n) is 9.35. The highest BCUT2D eigenvalue weighted by Gasteiger charge is 2.33. The number of hydrogen-bond donors (Lipinski definition) is 0. The van der Waals surface area contributed by atoms with Gasteiger partial charge < -0.3 is 14.4 Å². The molecule has 0 bridgehead atoms. The summed E-state index contributed by atoms with van der Waals surface area (Å²) in [6.45, 7) is 0.705. The van der Waals surface area contributed by atoms with Crippen LogP contribution in [0, 0.1) is 0 Å². The van der Waals surface area contributed by atoms with E-state index in [1.54, 1.807) is 25.1 Å². The molecule has 2 heterocycles. The van der Waals surface area contributed by atoms with Crippen LogP contribution in [0.25, 0.3) is 5.69 Å². The van der Waals surface area contributed by atoms with Crippen LogP contribution in [0.1, 0.15) is 34.9 Å². The molecule has 0 radical (unpaired) electrons. The number of amides is 1. The minimum absolute atomic E-state index is 0.0324. The SMILES string of the molecule is COc1ccc([C@@H]2CCCN2C(=O)c2nn(-c3ccccc3)cc2OC)cc1. The Morgan fingerprint density at radius 2 is 1.79 bits per heavy atom. The third-order valence-corrected chi connectivity index (χ3v) is 5.14. The average Bonchev–Trinajstić information content (AvgIpc) is 3.41. The van der Waals surface area contributed by atoms with Crippen LogP contribution in [-0.2, 0) is 0 Å². The predicted molar refractivity (Wildman–Crippen MR) is 106 cm³/mol. The largest absolute Gasteiger partial charge is 0.497 e. The van der Waals surface area contributed by atoms with Crippen LogP contribution in [0.4, 0.5) is 0 Å². The van der Waals surface area contributed by atoms with Crippen molar-refractivity contribution in [1.29, 1.82) is 0 Å². The monoisotopic (exact) mass is 377 g/mol. The van der Waals surface area contributed by atoms with Gasteiger partial charge in [-0.1, -0.05) is 30.3 Å². The molecule has 4 rings (SSSR count). The highest BCUT2D eigenvalue weighted by atomic mass is 16.5. The zero-order valence-electron chi connectivity index (χ0n) is 16.0. The molecule has 0 N–H and O–H groups in total. The van der Waals surface area contributed by atoms with Crippen LogP contribution in [-0.4, -0.2) is 41.4 Å². The van der Waals surface area contributed by atoms with E-state index >= 15 is 0 Å². The Kier molecular flexibility index (Phi) is 5.02. The fourth-order valence-electron chi connectivity index (χ4n) is 3.69. The van der Waals surface area contributed by atoms with E-state index in [-0.39, 0.29) is 11.9 Å². The van der Waals surface area contributed by atoms with Crippen LogP contribution in [0.2, 0.25) is 0 Å². The Hall–Kier alpha value is -3.28. The van der Waals surface area contributed by atoms with Crippen molar-refractivity contribution in [3.63, 3.8) is 0 Å². The van der Waals surface area contributed by atoms with E-state index in [4.69, 9.17) is 9.47 Å². The zero-order chi connectivity index (χ0) is 19.5. The van der Waals surface area contributed by atoms with Crippen molar-refractivity contribution in [2.45, 2.75) is 18.9 Å². The molecule has 0 saturated carbocycles. The zero-order valence-corrected chi connectivity index (χ0v) is 16.0. The lowest BCUT2D eigenvalue weighted by Gasteiger charge is -2.24. The van der Waals surface area contributed by atoms with Gasteiger partial charge in [-0.3, -0.25) is 4.79 Å². The maximum atomic E-state index is 13.3. The summed E-state index contributed by atoms with van der Waals surface area (Å²) >= 11 is 0. The van der Waals surface area contributed by atoms with E-state index in [9.17, 15) is 4.79 Å². The Bertz CT molecular complexity index is 951. The van der Waals surface area contributed by atoms with Gasteiger partial charge in [-0.05, 0) is 42.7 Å². The van der Waals surface area contributed by atoms with E-state index < -0.39 is 0 Å². The molecule has 0 spiro atoms. The molecule has 1 aliphatic heterocycles. The maximum Gasteiger partial charge on any atom is 0.278 e. The lowest BCUT2D eigenvalue weighted by Crippen LogP contribution is -2.31. The number of likely N-dealkylation sites (tertiary alicyclic amines) is 1. The van der Waals surface area contributed by atoms with Crippen molar-refractivity contribution in [1.82, 2.24) is 14.7 Å². The fraction of sp³-hybridized carbons (Fsp3) is 0.273. The first kappa shape index (κ1) is 18.1. The van der Waals surface area contributed by atoms with Gasteiger partial charge in [-0.25, -0.2) is 4.68 Å². The number of rotatable bonds is 5. The van der Waals surface area contributed by atoms with E-state index in [0.717, 1.165) is 29.8 Å². The molecule has 0 unspecified atom stereocenters. The summed E-state index contributed by atoms with van der Waals surface area (Å²) in [7, 11) is 3.21. The van der Waals surface area contributed by atoms with Gasteiger partial charge >= 0.3 is 0 Å². The maximum absolute atomic E-state index is 13.3. The van der Waals surface area contributed by atoms with Gasteiger partial charge in [0, 0.05) is 6.54 Å². The first-order valence-corrected chi connectivity index (χ1v) is 9.35. The number of para-hydroxylation sites is 1. The molecule has 0 aliphatic carbocycles. The first-order chi connectivity index (χ1) is 13.7. The molecule has 1 amide bonds. The molecule has 144 valence electrons. The second-order valence-electron chi connectivity index (χ2n) is 6.76. The van der Waals surface area contributed by atoms with Crippen LogP contribution >= 0.6 is 0 Å². The lowest BCUT2D eigenvalue weighted by atomic mass is 10.0. The molecule has 28 heavy (non-hydrogen) atoms. The second-order valence-corrected chi connectivity index (χ2v) is 6.76. The molecule has 1 fully saturated rings. The Morgan fingerprint density at radius 1 is 1.04 bits per heavy atom. The molecule has 1 aromatic heterocycles. The Morgan fingerprint density at radius 3 is 2.46 bits per heavy atom. The molecule has 6 heteroatoms. The highest BCUT2D eigenvalue weighted by Crippen LogP contribution is 2.35. The number of aromatic nitrogens is 2. The van der Waals surface area contributed by atoms with E-state index in [2.05, 4.69) is 5.10 Å². The van der Waals surface area contributed by atoms with Gasteiger partial charge in [-0.2, -0.15) is 5.10 Å². The standard InChI is InChI=1S/C22H23N3O3/c1-27-18-12-10-16(11-13-18)19-9-6-14-24(19)22(26)21-20(28-2)15-25(23-21)17-7-4-3-5-8-17/h3-5,7-8,10-13,15,19H,6,9,14H2,1-2H3/t19-/m0/s1. The van der Waals surface area contributed by atoms with Gasteiger partial charge in [0.05, 0.1) is 32.1 Å². The Labute approximate surface area is 164 Å². The van der Waals surface area contributed by atoms with Crippen molar-refractivity contribution in [2.24, 2.45) is 0 Å². The van der Waals surface area contributed by atoms with Crippen molar-refractivity contribution in [2.75, 3.05) is 20.8 Å². The number of carbonyl (C=O) groups is 1. The molecular weight excluding hydrogens is 354 g/mol. The van der Waals surface area contributed by atoms with E-state index in [1.807, 2.05) is 59.5 Å². The smallest absolute Gasteiger partial charge is 0.278 e. The van der Waals surface area contributed by atoms with Gasteiger partial charge in [0.15, 0.2) is 11.4 Å². The third kappa shape index (κ3) is 3.33. The number of hydrogen-bond acceptors (Lipinski definition) is 4. The highest BCUT2D eigenvalue weighted by molar-refractivity contribution is 5.95. The van der Waals surface area contributed by atoms with Crippen LogP contribution in [0.15, 0.2) is 60.8 Å². The van der Waals surface area contributed by atoms with Crippen molar-refractivity contribution in [3.05, 3.63) is 72.1 Å². The van der Waals surface area contributed by atoms with Gasteiger partial charge in [-0.15, -0.1) is 0 Å². The summed E-state index contributed by atoms with van der Waals surface area (Å²) in [5.74, 6) is 1.18. The second kappa shape index (κ2) is 7.76. The molecule has 1 saturated heterocycles. The molecule has 6 nitrogen and oxygen atoms in total. The fourth-order valence-corrected chi connectivity index (χ4v) is 3.69. The summed E-state index contributed by atoms with van der Waals surface area (Å²) in [5, 5.41) is 4.53. The number of nitrogens with zero attached hydrogens (tertiary/aromatic N) is 3. The number of benzene rings is 2. The average molecular weight is 377 g/mol. The lowest BCUT2D eigenvalue weighted by molar-refractivity contribution is 0.0726. The van der Waals surface area contributed by atoms with Gasteiger partial charge in [0.2, 0.25) is 0 Å². The predicted octanol–water partition coefficient (Wildman–Crippen LogP) is 3.87. The number of carbonyl (C=O) groups excluding carboxylic acids is 1. The van der Waals surface area contributed by atoms with Crippen molar-refractivity contribution < 1.29 is 14.3 Å². The normalized spacial score (nSPS) is 16.2. The summed E-state index contributed by atoms with van der Waals surface area (Å²) in [5.41, 5.74) is 2.33. The summed E-state index contributed by atoms with van der Waals surface area (Å²) in [6.07, 6.45) is 3.64. The quantitative estimate of drug-likeness (QED) is 0.677. The summed E-state index contributed by atoms with van der Waals surface area (Å²) in [4.78, 5) is 15.2. The van der Waals surface area contributed by atoms with E-state index in [1.165, 1.54) is 0 Å². The Balaban J connectivity index is 1.63. The molecule has 3 aromatic rings. The molecule has 1 aliphatic rings. The topological polar surface area (TPSA) is 56.6 Å². The van der Waals surface area contributed by atoms with Crippen molar-refractivity contribution >= 4 is 5.91 Å². The molecule has 1 atom stereocenters. The minimum atomic E-state index is -0.107. The molecular formula is C22H23N3O3. The molecule has 2 aromatic carbocycles. The minimum Gasteiger partial charge on any atom is -0.497 e. The van der Waals surface area contributed by atoms with Crippen LogP contribution in [0.3, 0.4) is 0 Å². The van der Waals surface area contributed by atoms with E-state index in [0.29, 0.717) is 18.0 Å². The summed E-state index contributed by atoms with van der Waals surface area (Å²) in [6, 6.07) is 17.6.